The zero-order valence-electron chi connectivity index (χ0n) is 14.8. The van der Waals surface area contributed by atoms with Gasteiger partial charge in [0.05, 0.1) is 6.04 Å². The van der Waals surface area contributed by atoms with Crippen molar-refractivity contribution in [2.45, 2.75) is 25.1 Å². The molecule has 0 aliphatic heterocycles. The van der Waals surface area contributed by atoms with Crippen LogP contribution in [0.4, 0.5) is 4.79 Å². The normalized spacial score (nSPS) is 19.1. The lowest BCUT2D eigenvalue weighted by atomic mass is 9.98. The summed E-state index contributed by atoms with van der Waals surface area (Å²) in [4.78, 5) is 48.9. The highest BCUT2D eigenvalue weighted by molar-refractivity contribution is 5.80. The molecule has 1 aromatic heterocycles. The van der Waals surface area contributed by atoms with Crippen molar-refractivity contribution in [2.24, 2.45) is 5.92 Å². The molecule has 0 radical (unpaired) electrons. The first kappa shape index (κ1) is 19.2. The zero-order valence-corrected chi connectivity index (χ0v) is 14.8. The Labute approximate surface area is 159 Å². The molecule has 1 unspecified atom stereocenters. The second-order valence-electron chi connectivity index (χ2n) is 6.39. The van der Waals surface area contributed by atoms with E-state index in [1.54, 1.807) is 36.4 Å². The fourth-order valence-corrected chi connectivity index (χ4v) is 3.09. The molecule has 1 amide bonds. The Kier molecular flexibility index (Phi) is 5.73. The first-order valence-corrected chi connectivity index (χ1v) is 8.64. The standard InChI is InChI=1S/C19H19N3O6/c23-15-8-9-22(18(26)20-15)14-7-6-13(10-14)16(17(24)25)21-19(27)28-11-12-4-2-1-3-5-12/h1-9,13-14,16H,10-11H2,(H,21,27)(H,24,25)(H,20,23,26)/t13-,14+,16?/m1/s1. The molecule has 1 heterocycles. The number of carboxylic acid groups (broad SMARTS) is 1. The molecule has 9 heteroatoms. The van der Waals surface area contributed by atoms with Gasteiger partial charge in [0.25, 0.3) is 5.56 Å². The Morgan fingerprint density at radius 1 is 1.21 bits per heavy atom. The summed E-state index contributed by atoms with van der Waals surface area (Å²) in [5.74, 6) is -1.74. The number of rotatable bonds is 6. The molecule has 1 aromatic carbocycles. The predicted molar refractivity (Wildman–Crippen MR) is 98.8 cm³/mol. The first-order chi connectivity index (χ1) is 13.4. The Hall–Kier alpha value is -3.62. The van der Waals surface area contributed by atoms with Crippen LogP contribution in [0.5, 0.6) is 0 Å². The fraction of sp³-hybridized carbons (Fsp3) is 0.263. The number of carbonyl (C=O) groups is 2. The summed E-state index contributed by atoms with van der Waals surface area (Å²) in [5.41, 5.74) is -0.307. The number of H-pyrrole nitrogens is 1. The molecular weight excluding hydrogens is 366 g/mol. The average Bonchev–Trinajstić information content (AvgIpc) is 3.14. The highest BCUT2D eigenvalue weighted by atomic mass is 16.5. The minimum atomic E-state index is -1.21. The van der Waals surface area contributed by atoms with E-state index in [0.29, 0.717) is 0 Å². The maximum Gasteiger partial charge on any atom is 0.408 e. The largest absolute Gasteiger partial charge is 0.480 e. The van der Waals surface area contributed by atoms with Crippen LogP contribution in [-0.4, -0.2) is 32.8 Å². The summed E-state index contributed by atoms with van der Waals surface area (Å²) in [6, 6.07) is 8.61. The number of aromatic nitrogens is 2. The number of carboxylic acids is 1. The van der Waals surface area contributed by atoms with Gasteiger partial charge in [0.15, 0.2) is 0 Å². The van der Waals surface area contributed by atoms with Crippen LogP contribution in [-0.2, 0) is 16.1 Å². The summed E-state index contributed by atoms with van der Waals surface area (Å²) in [6.45, 7) is 0.0227. The fourth-order valence-electron chi connectivity index (χ4n) is 3.09. The van der Waals surface area contributed by atoms with Crippen LogP contribution >= 0.6 is 0 Å². The third-order valence-electron chi connectivity index (χ3n) is 4.48. The van der Waals surface area contributed by atoms with Crippen molar-refractivity contribution in [1.82, 2.24) is 14.9 Å². The van der Waals surface area contributed by atoms with Gasteiger partial charge < -0.3 is 15.2 Å². The van der Waals surface area contributed by atoms with E-state index in [0.717, 1.165) is 5.56 Å². The van der Waals surface area contributed by atoms with E-state index >= 15 is 0 Å². The first-order valence-electron chi connectivity index (χ1n) is 8.64. The minimum Gasteiger partial charge on any atom is -0.480 e. The summed E-state index contributed by atoms with van der Waals surface area (Å²) >= 11 is 0. The van der Waals surface area contributed by atoms with Gasteiger partial charge in [-0.3, -0.25) is 14.3 Å². The number of hydrogen-bond donors (Lipinski definition) is 3. The van der Waals surface area contributed by atoms with Crippen molar-refractivity contribution < 1.29 is 19.4 Å². The number of hydrogen-bond acceptors (Lipinski definition) is 5. The topological polar surface area (TPSA) is 130 Å². The van der Waals surface area contributed by atoms with E-state index in [9.17, 15) is 24.3 Å². The summed E-state index contributed by atoms with van der Waals surface area (Å²) in [5, 5.41) is 11.9. The second kappa shape index (κ2) is 8.38. The van der Waals surface area contributed by atoms with Crippen molar-refractivity contribution in [3.8, 4) is 0 Å². The molecular formula is C19H19N3O6. The highest BCUT2D eigenvalue weighted by Gasteiger charge is 2.33. The van der Waals surface area contributed by atoms with Crippen LogP contribution in [0, 0.1) is 5.92 Å². The number of carbonyl (C=O) groups excluding carboxylic acids is 1. The number of aromatic amines is 1. The Balaban J connectivity index is 1.62. The molecule has 0 fully saturated rings. The van der Waals surface area contributed by atoms with Gasteiger partial charge in [0, 0.05) is 18.2 Å². The number of benzene rings is 1. The second-order valence-corrected chi connectivity index (χ2v) is 6.39. The summed E-state index contributed by atoms with van der Waals surface area (Å²) < 4.78 is 6.39. The molecule has 0 bridgehead atoms. The van der Waals surface area contributed by atoms with E-state index in [1.165, 1.54) is 16.8 Å². The SMILES string of the molecule is O=C(NC(C(=O)O)[C@@H]1C=C[C@H](n2ccc(=O)[nH]c2=O)C1)OCc1ccccc1. The molecule has 3 atom stereocenters. The maximum atomic E-state index is 12.0. The van der Waals surface area contributed by atoms with Crippen molar-refractivity contribution in [1.29, 1.82) is 0 Å². The lowest BCUT2D eigenvalue weighted by Gasteiger charge is -2.21. The van der Waals surface area contributed by atoms with Gasteiger partial charge in [0.2, 0.25) is 0 Å². The molecule has 1 aliphatic rings. The van der Waals surface area contributed by atoms with Crippen LogP contribution in [0.15, 0.2) is 64.3 Å². The van der Waals surface area contributed by atoms with Gasteiger partial charge >= 0.3 is 17.8 Å². The van der Waals surface area contributed by atoms with Crippen molar-refractivity contribution >= 4 is 12.1 Å². The minimum absolute atomic E-state index is 0.0227. The van der Waals surface area contributed by atoms with E-state index < -0.39 is 41.3 Å². The Bertz CT molecular complexity index is 994. The average molecular weight is 385 g/mol. The van der Waals surface area contributed by atoms with Gasteiger partial charge in [-0.2, -0.15) is 0 Å². The third-order valence-corrected chi connectivity index (χ3v) is 4.48. The highest BCUT2D eigenvalue weighted by Crippen LogP contribution is 2.29. The summed E-state index contributed by atoms with van der Waals surface area (Å²) in [7, 11) is 0. The van der Waals surface area contributed by atoms with Gasteiger partial charge in [-0.05, 0) is 12.0 Å². The maximum absolute atomic E-state index is 12.0. The smallest absolute Gasteiger partial charge is 0.408 e. The van der Waals surface area contributed by atoms with Crippen LogP contribution in [0.25, 0.3) is 0 Å². The quantitative estimate of drug-likeness (QED) is 0.637. The lowest BCUT2D eigenvalue weighted by molar-refractivity contribution is -0.140. The van der Waals surface area contributed by atoms with Gasteiger partial charge in [-0.25, -0.2) is 14.4 Å². The van der Waals surface area contributed by atoms with E-state index in [-0.39, 0.29) is 13.0 Å². The van der Waals surface area contributed by atoms with Gasteiger partial charge in [-0.15, -0.1) is 0 Å². The van der Waals surface area contributed by atoms with E-state index in [4.69, 9.17) is 4.74 Å². The van der Waals surface area contributed by atoms with Crippen LogP contribution in [0.1, 0.15) is 18.0 Å². The number of nitrogens with one attached hydrogen (secondary N) is 2. The molecule has 1 aliphatic carbocycles. The van der Waals surface area contributed by atoms with E-state index in [2.05, 4.69) is 10.3 Å². The number of alkyl carbamates (subject to hydrolysis) is 1. The third kappa shape index (κ3) is 4.56. The predicted octanol–water partition coefficient (Wildman–Crippen LogP) is 1.03. The molecule has 3 rings (SSSR count). The lowest BCUT2D eigenvalue weighted by Crippen LogP contribution is -2.45. The number of nitrogens with zero attached hydrogens (tertiary/aromatic N) is 1. The number of amides is 1. The van der Waals surface area contributed by atoms with Crippen molar-refractivity contribution in [2.75, 3.05) is 0 Å². The number of allylic oxidation sites excluding steroid dienone is 1. The van der Waals surface area contributed by atoms with Crippen LogP contribution in [0.2, 0.25) is 0 Å². The number of ether oxygens (including phenoxy) is 1. The monoisotopic (exact) mass is 385 g/mol. The summed E-state index contributed by atoms with van der Waals surface area (Å²) in [6.07, 6.45) is 4.11. The Morgan fingerprint density at radius 3 is 2.64 bits per heavy atom. The molecule has 28 heavy (non-hydrogen) atoms. The van der Waals surface area contributed by atoms with Crippen molar-refractivity contribution in [3.05, 3.63) is 81.1 Å². The molecule has 0 spiro atoms. The zero-order chi connectivity index (χ0) is 20.1. The molecule has 0 saturated carbocycles. The molecule has 0 saturated heterocycles. The van der Waals surface area contributed by atoms with Gasteiger partial charge in [0.1, 0.15) is 12.6 Å². The molecule has 2 aromatic rings. The Morgan fingerprint density at radius 2 is 1.96 bits per heavy atom. The van der Waals surface area contributed by atoms with Gasteiger partial charge in [-0.1, -0.05) is 42.5 Å². The van der Waals surface area contributed by atoms with Crippen LogP contribution in [0.3, 0.4) is 0 Å². The number of aliphatic carboxylic acids is 1. The van der Waals surface area contributed by atoms with E-state index in [1.807, 2.05) is 6.07 Å². The van der Waals surface area contributed by atoms with Crippen LogP contribution < -0.4 is 16.6 Å². The van der Waals surface area contributed by atoms with Crippen molar-refractivity contribution in [3.63, 3.8) is 0 Å². The molecule has 3 N–H and O–H groups in total. The molecule has 9 nitrogen and oxygen atoms in total. The molecule has 146 valence electrons.